The molecule has 6 rings (SSSR count). The van der Waals surface area contributed by atoms with E-state index >= 15 is 0 Å². The van der Waals surface area contributed by atoms with Crippen LogP contribution in [0.3, 0.4) is 0 Å². The van der Waals surface area contributed by atoms with Gasteiger partial charge in [-0.3, -0.25) is 4.98 Å². The van der Waals surface area contributed by atoms with Gasteiger partial charge in [-0.05, 0) is 61.0 Å². The largest absolute Gasteiger partial charge is 0.256 e. The molecule has 6 aromatic rings. The number of hydrogen-bond acceptors (Lipinski definition) is 1. The van der Waals surface area contributed by atoms with Crippen LogP contribution in [0.25, 0.3) is 54.7 Å². The molecule has 1 heterocycles. The molecule has 0 amide bonds. The van der Waals surface area contributed by atoms with Crippen LogP contribution in [0.5, 0.6) is 0 Å². The van der Waals surface area contributed by atoms with Crippen LogP contribution in [-0.4, -0.2) is 4.98 Å². The Balaban J connectivity index is 1.75. The summed E-state index contributed by atoms with van der Waals surface area (Å²) in [6.45, 7) is 13.6. The molecule has 188 valence electrons. The van der Waals surface area contributed by atoms with E-state index in [1.54, 1.807) is 0 Å². The van der Waals surface area contributed by atoms with Crippen molar-refractivity contribution in [2.75, 3.05) is 0 Å². The predicted molar refractivity (Wildman–Crippen MR) is 165 cm³/mol. The van der Waals surface area contributed by atoms with Crippen molar-refractivity contribution in [2.24, 2.45) is 0 Å². The Hall–Kier alpha value is -3.97. The van der Waals surface area contributed by atoms with Crippen molar-refractivity contribution in [3.8, 4) is 22.3 Å². The zero-order valence-electron chi connectivity index (χ0n) is 23.3. The minimum atomic E-state index is 0.113. The van der Waals surface area contributed by atoms with Gasteiger partial charge in [0.05, 0.1) is 5.52 Å². The lowest BCUT2D eigenvalue weighted by atomic mass is 9.82. The molecule has 0 aliphatic rings. The molecular weight excluding hydrogens is 458 g/mol. The van der Waals surface area contributed by atoms with Crippen molar-refractivity contribution in [1.29, 1.82) is 0 Å². The highest BCUT2D eigenvalue weighted by atomic mass is 14.6. The molecule has 0 fully saturated rings. The summed E-state index contributed by atoms with van der Waals surface area (Å²) < 4.78 is 0. The van der Waals surface area contributed by atoms with Crippen molar-refractivity contribution < 1.29 is 0 Å². The monoisotopic (exact) mass is 493 g/mol. The van der Waals surface area contributed by atoms with E-state index in [2.05, 4.69) is 145 Å². The van der Waals surface area contributed by atoms with Crippen LogP contribution >= 0.6 is 0 Å². The molecule has 0 aliphatic carbocycles. The summed E-state index contributed by atoms with van der Waals surface area (Å²) in [6, 6.07) is 35.7. The molecule has 0 saturated carbocycles. The fourth-order valence-electron chi connectivity index (χ4n) is 5.68. The quantitative estimate of drug-likeness (QED) is 0.173. The molecule has 0 N–H and O–H groups in total. The van der Waals surface area contributed by atoms with Crippen LogP contribution in [-0.2, 0) is 10.8 Å². The standard InChI is InChI=1S/C37H35N/c1-36(2,3)26-19-15-24(16-20-26)33-28-11-7-8-12-29(28)34(25-17-21-27(22-18-25)37(4,5)6)35-30-13-9-10-14-32(30)38-23-31(33)35/h7-23H,1-6H3. The van der Waals surface area contributed by atoms with Gasteiger partial charge in [-0.25, -0.2) is 0 Å². The molecule has 5 aromatic carbocycles. The van der Waals surface area contributed by atoms with Crippen LogP contribution < -0.4 is 0 Å². The molecule has 0 unspecified atom stereocenters. The minimum absolute atomic E-state index is 0.113. The first kappa shape index (κ1) is 24.4. The van der Waals surface area contributed by atoms with Gasteiger partial charge in [0.2, 0.25) is 0 Å². The number of aromatic nitrogens is 1. The van der Waals surface area contributed by atoms with Crippen molar-refractivity contribution in [2.45, 2.75) is 52.4 Å². The lowest BCUT2D eigenvalue weighted by Gasteiger charge is -2.22. The molecule has 1 heteroatoms. The second kappa shape index (κ2) is 8.81. The molecule has 0 bridgehead atoms. The molecule has 0 aliphatic heterocycles. The van der Waals surface area contributed by atoms with E-state index in [0.29, 0.717) is 0 Å². The molecular formula is C37H35N. The van der Waals surface area contributed by atoms with Gasteiger partial charge in [0.15, 0.2) is 0 Å². The second-order valence-corrected chi connectivity index (χ2v) is 12.5. The fourth-order valence-corrected chi connectivity index (χ4v) is 5.68. The molecule has 1 aromatic heterocycles. The number of nitrogens with zero attached hydrogens (tertiary/aromatic N) is 1. The summed E-state index contributed by atoms with van der Waals surface area (Å²) in [5.74, 6) is 0. The lowest BCUT2D eigenvalue weighted by molar-refractivity contribution is 0.590. The summed E-state index contributed by atoms with van der Waals surface area (Å²) in [4.78, 5) is 4.94. The summed E-state index contributed by atoms with van der Waals surface area (Å²) in [6.07, 6.45) is 2.09. The second-order valence-electron chi connectivity index (χ2n) is 12.5. The van der Waals surface area contributed by atoms with E-state index in [9.17, 15) is 0 Å². The van der Waals surface area contributed by atoms with Gasteiger partial charge in [-0.15, -0.1) is 0 Å². The maximum Gasteiger partial charge on any atom is 0.0708 e. The highest BCUT2D eigenvalue weighted by Gasteiger charge is 2.21. The number of benzene rings is 5. The third-order valence-corrected chi connectivity index (χ3v) is 7.84. The number of para-hydroxylation sites is 1. The zero-order chi connectivity index (χ0) is 26.7. The van der Waals surface area contributed by atoms with E-state index < -0.39 is 0 Å². The Morgan fingerprint density at radius 1 is 0.447 bits per heavy atom. The van der Waals surface area contributed by atoms with Crippen LogP contribution in [0.2, 0.25) is 0 Å². The molecule has 0 spiro atoms. The van der Waals surface area contributed by atoms with E-state index in [-0.39, 0.29) is 10.8 Å². The third kappa shape index (κ3) is 4.07. The first-order valence-electron chi connectivity index (χ1n) is 13.6. The van der Waals surface area contributed by atoms with E-state index in [4.69, 9.17) is 4.98 Å². The summed E-state index contributed by atoms with van der Waals surface area (Å²) in [5, 5.41) is 6.19. The predicted octanol–water partition coefficient (Wildman–Crippen LogP) is 10.5. The first-order valence-corrected chi connectivity index (χ1v) is 13.6. The number of pyridine rings is 1. The Kier molecular flexibility index (Phi) is 5.65. The van der Waals surface area contributed by atoms with Crippen molar-refractivity contribution in [3.63, 3.8) is 0 Å². The van der Waals surface area contributed by atoms with Gasteiger partial charge in [-0.2, -0.15) is 0 Å². The van der Waals surface area contributed by atoms with Gasteiger partial charge < -0.3 is 0 Å². The SMILES string of the molecule is CC(C)(C)c1ccc(-c2c3ccccc3c(-c3ccc(C(C)(C)C)cc3)c3c2cnc2ccccc23)cc1. The minimum Gasteiger partial charge on any atom is -0.256 e. The third-order valence-electron chi connectivity index (χ3n) is 7.84. The van der Waals surface area contributed by atoms with Gasteiger partial charge in [0.1, 0.15) is 0 Å². The highest BCUT2D eigenvalue weighted by Crippen LogP contribution is 2.46. The van der Waals surface area contributed by atoms with Crippen LogP contribution in [0.4, 0.5) is 0 Å². The summed E-state index contributed by atoms with van der Waals surface area (Å²) in [5.41, 5.74) is 8.94. The Bertz CT molecular complexity index is 1790. The summed E-state index contributed by atoms with van der Waals surface area (Å²) >= 11 is 0. The van der Waals surface area contributed by atoms with Crippen LogP contribution in [0.15, 0.2) is 103 Å². The first-order chi connectivity index (χ1) is 18.1. The number of hydrogen-bond donors (Lipinski definition) is 0. The highest BCUT2D eigenvalue weighted by molar-refractivity contribution is 6.27. The molecule has 1 nitrogen and oxygen atoms in total. The van der Waals surface area contributed by atoms with E-state index in [0.717, 1.165) is 5.52 Å². The molecule has 0 radical (unpaired) electrons. The molecule has 0 atom stereocenters. The average Bonchev–Trinajstić information content (AvgIpc) is 2.91. The normalized spacial score (nSPS) is 12.5. The summed E-state index contributed by atoms with van der Waals surface area (Å²) in [7, 11) is 0. The van der Waals surface area contributed by atoms with Crippen molar-refractivity contribution >= 4 is 32.4 Å². The van der Waals surface area contributed by atoms with Crippen LogP contribution in [0.1, 0.15) is 52.7 Å². The Labute approximate surface area is 226 Å². The Morgan fingerprint density at radius 3 is 1.42 bits per heavy atom. The fraction of sp³-hybridized carbons (Fsp3) is 0.216. The molecule has 38 heavy (non-hydrogen) atoms. The topological polar surface area (TPSA) is 12.9 Å². The molecule has 0 saturated heterocycles. The van der Waals surface area contributed by atoms with Gasteiger partial charge in [0.25, 0.3) is 0 Å². The smallest absolute Gasteiger partial charge is 0.0708 e. The zero-order valence-corrected chi connectivity index (χ0v) is 23.3. The van der Waals surface area contributed by atoms with Crippen LogP contribution in [0, 0.1) is 0 Å². The van der Waals surface area contributed by atoms with Gasteiger partial charge in [-0.1, -0.05) is 133 Å². The average molecular weight is 494 g/mol. The Morgan fingerprint density at radius 2 is 0.895 bits per heavy atom. The maximum atomic E-state index is 4.94. The lowest BCUT2D eigenvalue weighted by Crippen LogP contribution is -2.10. The van der Waals surface area contributed by atoms with Gasteiger partial charge >= 0.3 is 0 Å². The van der Waals surface area contributed by atoms with E-state index in [1.807, 2.05) is 0 Å². The number of rotatable bonds is 2. The van der Waals surface area contributed by atoms with Crippen molar-refractivity contribution in [3.05, 3.63) is 114 Å². The van der Waals surface area contributed by atoms with Crippen molar-refractivity contribution in [1.82, 2.24) is 4.98 Å². The van der Waals surface area contributed by atoms with Gasteiger partial charge in [0, 0.05) is 22.4 Å². The maximum absolute atomic E-state index is 4.94. The van der Waals surface area contributed by atoms with E-state index in [1.165, 1.54) is 60.3 Å². The number of fused-ring (bicyclic) bond motifs is 4.